The molecular weight excluding hydrogens is 442 g/mol. The molecule has 2 aliphatic heterocycles. The third-order valence-electron chi connectivity index (χ3n) is 6.42. The maximum Gasteiger partial charge on any atom is 0.298 e. The van der Waals surface area contributed by atoms with Crippen LogP contribution in [0.25, 0.3) is 16.6 Å². The summed E-state index contributed by atoms with van der Waals surface area (Å²) in [6.45, 7) is 7.00. The van der Waals surface area contributed by atoms with Crippen LogP contribution in [0.3, 0.4) is 0 Å². The quantitative estimate of drug-likeness (QED) is 0.539. The van der Waals surface area contributed by atoms with Crippen molar-refractivity contribution in [2.24, 2.45) is 5.92 Å². The minimum atomic E-state index is -0.0881. The summed E-state index contributed by atoms with van der Waals surface area (Å²) in [5.74, 6) is 7.69. The molecule has 2 fully saturated rings. The molecule has 178 valence electrons. The van der Waals surface area contributed by atoms with Crippen molar-refractivity contribution in [1.29, 1.82) is 5.26 Å². The summed E-state index contributed by atoms with van der Waals surface area (Å²) in [6, 6.07) is 8.11. The molecule has 2 aliphatic rings. The van der Waals surface area contributed by atoms with Crippen LogP contribution in [0.2, 0.25) is 0 Å². The Kier molecular flexibility index (Phi) is 6.26. The zero-order valence-corrected chi connectivity index (χ0v) is 19.9. The van der Waals surface area contributed by atoms with Crippen LogP contribution in [-0.4, -0.2) is 83.2 Å². The predicted molar refractivity (Wildman–Crippen MR) is 132 cm³/mol. The van der Waals surface area contributed by atoms with E-state index in [-0.39, 0.29) is 5.91 Å². The lowest BCUT2D eigenvalue weighted by Crippen LogP contribution is -2.49. The highest BCUT2D eigenvalue weighted by Gasteiger charge is 2.23. The number of nitrogens with zero attached hydrogens (tertiary/aromatic N) is 7. The predicted octanol–water partition coefficient (Wildman–Crippen LogP) is 1.88. The van der Waals surface area contributed by atoms with E-state index < -0.39 is 0 Å². The van der Waals surface area contributed by atoms with Crippen LogP contribution in [0.4, 0.5) is 5.82 Å². The SMILES string of the molecule is CCOc1cc(-c2ccc(N3CCN(C(=O)C#CC4CN(C)C4)CC3)nc2)c2c(C#N)cnn2c1. The van der Waals surface area contributed by atoms with Gasteiger partial charge >= 0.3 is 0 Å². The molecule has 0 saturated carbocycles. The van der Waals surface area contributed by atoms with Gasteiger partial charge in [-0.15, -0.1) is 0 Å². The molecule has 9 nitrogen and oxygen atoms in total. The van der Waals surface area contributed by atoms with Gasteiger partial charge in [0.2, 0.25) is 0 Å². The number of aromatic nitrogens is 3. The summed E-state index contributed by atoms with van der Waals surface area (Å²) in [7, 11) is 2.06. The van der Waals surface area contributed by atoms with Gasteiger partial charge < -0.3 is 19.4 Å². The van der Waals surface area contributed by atoms with Gasteiger partial charge in [-0.3, -0.25) is 4.79 Å². The highest BCUT2D eigenvalue weighted by molar-refractivity contribution is 5.93. The molecule has 3 aromatic heterocycles. The zero-order chi connectivity index (χ0) is 24.4. The van der Waals surface area contributed by atoms with Crippen LogP contribution in [0, 0.1) is 29.1 Å². The number of hydrogen-bond acceptors (Lipinski definition) is 7. The van der Waals surface area contributed by atoms with Gasteiger partial charge in [-0.2, -0.15) is 10.4 Å². The number of carbonyl (C=O) groups excluding carboxylic acids is 1. The van der Waals surface area contributed by atoms with Crippen LogP contribution in [0.15, 0.2) is 36.8 Å². The number of pyridine rings is 2. The van der Waals surface area contributed by atoms with Crippen molar-refractivity contribution in [1.82, 2.24) is 24.4 Å². The molecule has 9 heteroatoms. The number of nitriles is 1. The smallest absolute Gasteiger partial charge is 0.298 e. The number of amides is 1. The summed E-state index contributed by atoms with van der Waals surface area (Å²) < 4.78 is 7.37. The molecule has 5 rings (SSSR count). The van der Waals surface area contributed by atoms with E-state index in [1.165, 1.54) is 0 Å². The van der Waals surface area contributed by atoms with Crippen molar-refractivity contribution < 1.29 is 9.53 Å². The van der Waals surface area contributed by atoms with Gasteiger partial charge in [0.25, 0.3) is 5.91 Å². The van der Waals surface area contributed by atoms with E-state index in [2.05, 4.69) is 39.9 Å². The molecule has 35 heavy (non-hydrogen) atoms. The average Bonchev–Trinajstić information content (AvgIpc) is 3.29. The van der Waals surface area contributed by atoms with Crippen molar-refractivity contribution in [2.75, 3.05) is 57.8 Å². The van der Waals surface area contributed by atoms with Crippen LogP contribution in [0.1, 0.15) is 12.5 Å². The Morgan fingerprint density at radius 1 is 1.20 bits per heavy atom. The van der Waals surface area contributed by atoms with Gasteiger partial charge in [-0.25, -0.2) is 9.50 Å². The molecule has 0 atom stereocenters. The highest BCUT2D eigenvalue weighted by atomic mass is 16.5. The van der Waals surface area contributed by atoms with E-state index in [1.54, 1.807) is 16.9 Å². The van der Waals surface area contributed by atoms with E-state index in [1.807, 2.05) is 36.2 Å². The molecule has 0 unspecified atom stereocenters. The second kappa shape index (κ2) is 9.65. The number of fused-ring (bicyclic) bond motifs is 1. The maximum atomic E-state index is 12.4. The fourth-order valence-electron chi connectivity index (χ4n) is 4.55. The monoisotopic (exact) mass is 469 g/mol. The van der Waals surface area contributed by atoms with Crippen molar-refractivity contribution in [3.63, 3.8) is 0 Å². The van der Waals surface area contributed by atoms with Crippen LogP contribution >= 0.6 is 0 Å². The first-order chi connectivity index (χ1) is 17.1. The third-order valence-corrected chi connectivity index (χ3v) is 6.42. The Morgan fingerprint density at radius 2 is 2.00 bits per heavy atom. The van der Waals surface area contributed by atoms with Crippen molar-refractivity contribution in [3.8, 4) is 34.8 Å². The van der Waals surface area contributed by atoms with Crippen molar-refractivity contribution in [2.45, 2.75) is 6.92 Å². The number of hydrogen-bond donors (Lipinski definition) is 0. The minimum absolute atomic E-state index is 0.0881. The number of anilines is 1. The second-order valence-corrected chi connectivity index (χ2v) is 8.86. The van der Waals surface area contributed by atoms with Crippen molar-refractivity contribution >= 4 is 17.2 Å². The fourth-order valence-corrected chi connectivity index (χ4v) is 4.55. The Bertz CT molecular complexity index is 1330. The topological polar surface area (TPSA) is 90.0 Å². The maximum absolute atomic E-state index is 12.4. The van der Waals surface area contributed by atoms with E-state index in [9.17, 15) is 10.1 Å². The molecule has 5 heterocycles. The lowest BCUT2D eigenvalue weighted by molar-refractivity contribution is -0.125. The van der Waals surface area contributed by atoms with E-state index in [0.29, 0.717) is 50.0 Å². The van der Waals surface area contributed by atoms with Gasteiger partial charge in [0, 0.05) is 62.5 Å². The standard InChI is InChI=1S/C26H27N7O2/c1-3-35-22-12-23(26-21(13-27)15-29-33(26)18-22)20-5-6-24(28-14-20)31-8-10-32(11-9-31)25(34)7-4-19-16-30(2)17-19/h5-6,12,14-15,18-19H,3,8-11,16-17H2,1-2H3. The minimum Gasteiger partial charge on any atom is -0.492 e. The molecule has 0 spiro atoms. The number of rotatable bonds is 4. The normalized spacial score (nSPS) is 16.4. The van der Waals surface area contributed by atoms with Crippen LogP contribution in [0.5, 0.6) is 5.75 Å². The average molecular weight is 470 g/mol. The summed E-state index contributed by atoms with van der Waals surface area (Å²) in [5.41, 5.74) is 2.95. The van der Waals surface area contributed by atoms with Gasteiger partial charge in [-0.05, 0) is 38.1 Å². The van der Waals surface area contributed by atoms with Gasteiger partial charge in [0.15, 0.2) is 0 Å². The van der Waals surface area contributed by atoms with Crippen molar-refractivity contribution in [3.05, 3.63) is 42.4 Å². The largest absolute Gasteiger partial charge is 0.492 e. The number of carbonyl (C=O) groups is 1. The Labute approximate surface area is 204 Å². The molecule has 1 amide bonds. The third kappa shape index (κ3) is 4.64. The molecule has 0 aliphatic carbocycles. The molecule has 0 aromatic carbocycles. The Balaban J connectivity index is 1.29. The first kappa shape index (κ1) is 22.7. The molecule has 0 N–H and O–H groups in total. The van der Waals surface area contributed by atoms with E-state index >= 15 is 0 Å². The summed E-state index contributed by atoms with van der Waals surface area (Å²) in [6.07, 6.45) is 5.15. The molecular formula is C26H27N7O2. The number of likely N-dealkylation sites (tertiary alicyclic amines) is 1. The van der Waals surface area contributed by atoms with E-state index in [4.69, 9.17) is 9.72 Å². The van der Waals surface area contributed by atoms with Crippen LogP contribution < -0.4 is 9.64 Å². The summed E-state index contributed by atoms with van der Waals surface area (Å²) in [4.78, 5) is 23.3. The van der Waals surface area contributed by atoms with E-state index in [0.717, 1.165) is 35.6 Å². The van der Waals surface area contributed by atoms with Gasteiger partial charge in [0.05, 0.1) is 30.1 Å². The van der Waals surface area contributed by atoms with Gasteiger partial charge in [-0.1, -0.05) is 5.92 Å². The molecule has 2 saturated heterocycles. The lowest BCUT2D eigenvalue weighted by atomic mass is 10.0. The summed E-state index contributed by atoms with van der Waals surface area (Å²) >= 11 is 0. The lowest BCUT2D eigenvalue weighted by Gasteiger charge is -2.35. The zero-order valence-electron chi connectivity index (χ0n) is 19.9. The first-order valence-corrected chi connectivity index (χ1v) is 11.8. The second-order valence-electron chi connectivity index (χ2n) is 8.86. The fraction of sp³-hybridized carbons (Fsp3) is 0.385. The number of ether oxygens (including phenoxy) is 1. The van der Waals surface area contributed by atoms with Gasteiger partial charge in [0.1, 0.15) is 17.6 Å². The number of piperazine rings is 1. The highest BCUT2D eigenvalue weighted by Crippen LogP contribution is 2.31. The molecule has 0 bridgehead atoms. The molecule has 3 aromatic rings. The molecule has 0 radical (unpaired) electrons. The Hall–Kier alpha value is -4.08. The van der Waals surface area contributed by atoms with Crippen LogP contribution in [-0.2, 0) is 4.79 Å². The summed E-state index contributed by atoms with van der Waals surface area (Å²) in [5, 5.41) is 13.8. The Morgan fingerprint density at radius 3 is 2.66 bits per heavy atom. The first-order valence-electron chi connectivity index (χ1n) is 11.8.